The fourth-order valence-electron chi connectivity index (χ4n) is 3.70. The van der Waals surface area contributed by atoms with Gasteiger partial charge in [-0.2, -0.15) is 5.10 Å². The monoisotopic (exact) mass is 435 g/mol. The Bertz CT molecular complexity index is 1040. The minimum atomic E-state index is -0.128. The fraction of sp³-hybridized carbons (Fsp3) is 0.360. The van der Waals surface area contributed by atoms with Crippen LogP contribution in [0.25, 0.3) is 16.9 Å². The highest BCUT2D eigenvalue weighted by atomic mass is 16.5. The zero-order valence-electron chi connectivity index (χ0n) is 18.5. The number of hydrogen-bond donors (Lipinski definition) is 1. The smallest absolute Gasteiger partial charge is 0.227 e. The van der Waals surface area contributed by atoms with Gasteiger partial charge in [0.15, 0.2) is 0 Å². The molecule has 1 saturated heterocycles. The molecule has 7 heteroatoms. The van der Waals surface area contributed by atoms with E-state index in [0.717, 1.165) is 42.0 Å². The molecule has 2 aromatic carbocycles. The minimum Gasteiger partial charge on any atom is -0.496 e. The molecule has 1 atom stereocenters. The highest BCUT2D eigenvalue weighted by Crippen LogP contribution is 2.31. The van der Waals surface area contributed by atoms with E-state index in [2.05, 4.69) is 5.32 Å². The van der Waals surface area contributed by atoms with Gasteiger partial charge in [-0.05, 0) is 44.0 Å². The molecule has 1 amide bonds. The van der Waals surface area contributed by atoms with Crippen molar-refractivity contribution in [3.8, 4) is 22.7 Å². The third-order valence-corrected chi connectivity index (χ3v) is 5.44. The molecule has 0 spiro atoms. The van der Waals surface area contributed by atoms with Gasteiger partial charge in [0.2, 0.25) is 5.91 Å². The number of nitrogens with zero attached hydrogens (tertiary/aromatic N) is 2. The molecule has 0 bridgehead atoms. The molecular weight excluding hydrogens is 406 g/mol. The lowest BCUT2D eigenvalue weighted by molar-refractivity contribution is -0.117. The second-order valence-corrected chi connectivity index (χ2v) is 7.87. The fourth-order valence-corrected chi connectivity index (χ4v) is 3.70. The van der Waals surface area contributed by atoms with Crippen molar-refractivity contribution in [3.05, 3.63) is 60.2 Å². The predicted octanol–water partition coefficient (Wildman–Crippen LogP) is 4.38. The summed E-state index contributed by atoms with van der Waals surface area (Å²) in [5.74, 6) is 1.19. The predicted molar refractivity (Wildman–Crippen MR) is 123 cm³/mol. The minimum absolute atomic E-state index is 0.128. The first-order chi connectivity index (χ1) is 15.6. The van der Waals surface area contributed by atoms with Crippen LogP contribution in [-0.4, -0.2) is 48.7 Å². The number of aryl methyl sites for hydroxylation is 1. The van der Waals surface area contributed by atoms with Crippen LogP contribution in [0.3, 0.4) is 0 Å². The van der Waals surface area contributed by atoms with Crippen LogP contribution >= 0.6 is 0 Å². The van der Waals surface area contributed by atoms with Crippen molar-refractivity contribution in [2.75, 3.05) is 32.2 Å². The SMILES string of the molecule is COc1ccccc1-c1cc(NC(=O)CCOCC2CCCO2)n(-c2ccc(C)cc2)n1. The van der Waals surface area contributed by atoms with Crippen LogP contribution in [0.15, 0.2) is 54.6 Å². The first-order valence-corrected chi connectivity index (χ1v) is 10.9. The maximum absolute atomic E-state index is 12.6. The van der Waals surface area contributed by atoms with Gasteiger partial charge in [-0.25, -0.2) is 4.68 Å². The number of rotatable bonds is 9. The molecule has 1 aliphatic rings. The van der Waals surface area contributed by atoms with E-state index < -0.39 is 0 Å². The second kappa shape index (κ2) is 10.4. The zero-order valence-corrected chi connectivity index (χ0v) is 18.5. The Balaban J connectivity index is 1.50. The molecule has 32 heavy (non-hydrogen) atoms. The molecule has 4 rings (SSSR count). The Hall–Kier alpha value is -3.16. The number of hydrogen-bond acceptors (Lipinski definition) is 5. The number of methoxy groups -OCH3 is 1. The van der Waals surface area contributed by atoms with E-state index in [4.69, 9.17) is 19.3 Å². The number of carbonyl (C=O) groups is 1. The molecule has 7 nitrogen and oxygen atoms in total. The van der Waals surface area contributed by atoms with Crippen LogP contribution in [-0.2, 0) is 14.3 Å². The molecule has 0 aliphatic carbocycles. The summed E-state index contributed by atoms with van der Waals surface area (Å²) >= 11 is 0. The van der Waals surface area contributed by atoms with Crippen LogP contribution in [0, 0.1) is 6.92 Å². The van der Waals surface area contributed by atoms with Crippen molar-refractivity contribution in [3.63, 3.8) is 0 Å². The summed E-state index contributed by atoms with van der Waals surface area (Å²) in [5.41, 5.74) is 3.59. The number of aromatic nitrogens is 2. The summed E-state index contributed by atoms with van der Waals surface area (Å²) in [6, 6.07) is 17.6. The number of nitrogens with one attached hydrogen (secondary N) is 1. The van der Waals surface area contributed by atoms with E-state index in [0.29, 0.717) is 24.7 Å². The molecular formula is C25H29N3O4. The van der Waals surface area contributed by atoms with E-state index in [1.165, 1.54) is 0 Å². The summed E-state index contributed by atoms with van der Waals surface area (Å²) in [6.45, 7) is 3.72. The van der Waals surface area contributed by atoms with Crippen molar-refractivity contribution in [2.24, 2.45) is 0 Å². The van der Waals surface area contributed by atoms with E-state index >= 15 is 0 Å². The number of para-hydroxylation sites is 1. The lowest BCUT2D eigenvalue weighted by Gasteiger charge is -2.11. The second-order valence-electron chi connectivity index (χ2n) is 7.87. The molecule has 0 saturated carbocycles. The molecule has 1 unspecified atom stereocenters. The highest BCUT2D eigenvalue weighted by molar-refractivity contribution is 5.91. The van der Waals surface area contributed by atoms with E-state index in [-0.39, 0.29) is 18.4 Å². The molecule has 1 aliphatic heterocycles. The molecule has 1 N–H and O–H groups in total. The van der Waals surface area contributed by atoms with E-state index in [1.807, 2.05) is 61.5 Å². The van der Waals surface area contributed by atoms with Gasteiger partial charge in [0.25, 0.3) is 0 Å². The molecule has 3 aromatic rings. The third kappa shape index (κ3) is 5.36. The lowest BCUT2D eigenvalue weighted by atomic mass is 10.1. The number of carbonyl (C=O) groups excluding carboxylic acids is 1. The highest BCUT2D eigenvalue weighted by Gasteiger charge is 2.17. The van der Waals surface area contributed by atoms with Crippen molar-refractivity contribution >= 4 is 11.7 Å². The van der Waals surface area contributed by atoms with E-state index in [1.54, 1.807) is 11.8 Å². The van der Waals surface area contributed by atoms with Crippen LogP contribution < -0.4 is 10.1 Å². The normalized spacial score (nSPS) is 15.6. The van der Waals surface area contributed by atoms with Gasteiger partial charge < -0.3 is 19.5 Å². The maximum atomic E-state index is 12.6. The summed E-state index contributed by atoms with van der Waals surface area (Å²) in [4.78, 5) is 12.6. The lowest BCUT2D eigenvalue weighted by Crippen LogP contribution is -2.19. The Morgan fingerprint density at radius 1 is 1.22 bits per heavy atom. The Morgan fingerprint density at radius 2 is 2.03 bits per heavy atom. The van der Waals surface area contributed by atoms with E-state index in [9.17, 15) is 4.79 Å². The number of amides is 1. The molecule has 168 valence electrons. The Kier molecular flexibility index (Phi) is 7.19. The average Bonchev–Trinajstić information content (AvgIpc) is 3.47. The molecule has 1 fully saturated rings. The quantitative estimate of drug-likeness (QED) is 0.505. The van der Waals surface area contributed by atoms with Gasteiger partial charge in [-0.1, -0.05) is 29.8 Å². The number of ether oxygens (including phenoxy) is 3. The van der Waals surface area contributed by atoms with Gasteiger partial charge in [0.1, 0.15) is 11.6 Å². The van der Waals surface area contributed by atoms with Crippen LogP contribution in [0.1, 0.15) is 24.8 Å². The van der Waals surface area contributed by atoms with Crippen LogP contribution in [0.5, 0.6) is 5.75 Å². The Labute approximate surface area is 188 Å². The number of benzene rings is 2. The van der Waals surface area contributed by atoms with Crippen LogP contribution in [0.4, 0.5) is 5.82 Å². The average molecular weight is 436 g/mol. The topological polar surface area (TPSA) is 74.6 Å². The number of anilines is 1. The van der Waals surface area contributed by atoms with Gasteiger partial charge in [0.05, 0.1) is 44.2 Å². The first-order valence-electron chi connectivity index (χ1n) is 10.9. The summed E-state index contributed by atoms with van der Waals surface area (Å²) in [5, 5.41) is 7.75. The summed E-state index contributed by atoms with van der Waals surface area (Å²) in [6.07, 6.45) is 2.51. The maximum Gasteiger partial charge on any atom is 0.227 e. The van der Waals surface area contributed by atoms with Crippen molar-refractivity contribution in [1.29, 1.82) is 0 Å². The first kappa shape index (κ1) is 22.0. The van der Waals surface area contributed by atoms with Gasteiger partial charge >= 0.3 is 0 Å². The van der Waals surface area contributed by atoms with Gasteiger partial charge in [-0.15, -0.1) is 0 Å². The van der Waals surface area contributed by atoms with Crippen molar-refractivity contribution in [2.45, 2.75) is 32.3 Å². The Morgan fingerprint density at radius 3 is 2.78 bits per heavy atom. The van der Waals surface area contributed by atoms with Gasteiger partial charge in [0, 0.05) is 18.2 Å². The standard InChI is InChI=1S/C25H29N3O4/c1-18-9-11-19(12-10-18)28-24(16-22(27-28)21-7-3-4-8-23(21)30-2)26-25(29)13-15-31-17-20-6-5-14-32-20/h3-4,7-12,16,20H,5-6,13-15,17H2,1-2H3,(H,26,29). The van der Waals surface area contributed by atoms with Crippen LogP contribution in [0.2, 0.25) is 0 Å². The van der Waals surface area contributed by atoms with Gasteiger partial charge in [-0.3, -0.25) is 4.79 Å². The molecule has 1 aromatic heterocycles. The van der Waals surface area contributed by atoms with Crippen molar-refractivity contribution in [1.82, 2.24) is 9.78 Å². The third-order valence-electron chi connectivity index (χ3n) is 5.44. The molecule has 0 radical (unpaired) electrons. The molecule has 2 heterocycles. The summed E-state index contributed by atoms with van der Waals surface area (Å²) in [7, 11) is 1.63. The summed E-state index contributed by atoms with van der Waals surface area (Å²) < 4.78 is 18.4. The van der Waals surface area contributed by atoms with Crippen molar-refractivity contribution < 1.29 is 19.0 Å². The zero-order chi connectivity index (χ0) is 22.3. The largest absolute Gasteiger partial charge is 0.496 e.